The van der Waals surface area contributed by atoms with E-state index in [1.165, 1.54) is 11.1 Å². The Labute approximate surface area is 98.0 Å². The van der Waals surface area contributed by atoms with Crippen LogP contribution in [0.25, 0.3) is 0 Å². The molecule has 1 N–H and O–H groups in total. The van der Waals surface area contributed by atoms with E-state index in [2.05, 4.69) is 50.4 Å². The Hall–Kier alpha value is -0.860. The van der Waals surface area contributed by atoms with Gasteiger partial charge in [-0.25, -0.2) is 0 Å². The van der Waals surface area contributed by atoms with Crippen molar-refractivity contribution in [3.05, 3.63) is 35.4 Å². The molecule has 0 saturated carbocycles. The molecule has 1 aromatic rings. The van der Waals surface area contributed by atoms with E-state index >= 15 is 0 Å². The van der Waals surface area contributed by atoms with Crippen molar-refractivity contribution in [3.63, 3.8) is 0 Å². The predicted molar refractivity (Wildman–Crippen MR) is 66.6 cm³/mol. The molecule has 0 radical (unpaired) electrons. The molecule has 1 aromatic carbocycles. The Morgan fingerprint density at radius 1 is 1.19 bits per heavy atom. The van der Waals surface area contributed by atoms with Crippen LogP contribution in [0.15, 0.2) is 24.3 Å². The fourth-order valence-electron chi connectivity index (χ4n) is 1.74. The van der Waals surface area contributed by atoms with Crippen LogP contribution in [0.2, 0.25) is 0 Å². The Morgan fingerprint density at radius 2 is 1.81 bits per heavy atom. The summed E-state index contributed by atoms with van der Waals surface area (Å²) >= 11 is 0. The van der Waals surface area contributed by atoms with E-state index < -0.39 is 0 Å². The fourth-order valence-corrected chi connectivity index (χ4v) is 1.74. The maximum atomic E-state index is 5.12. The van der Waals surface area contributed by atoms with Gasteiger partial charge in [-0.15, -0.1) is 0 Å². The summed E-state index contributed by atoms with van der Waals surface area (Å²) in [6.07, 6.45) is 0. The molecule has 0 aliphatic carbocycles. The number of rotatable bonds is 3. The van der Waals surface area contributed by atoms with Gasteiger partial charge in [-0.3, -0.25) is 0 Å². The van der Waals surface area contributed by atoms with Gasteiger partial charge >= 0.3 is 0 Å². The van der Waals surface area contributed by atoms with E-state index in [-0.39, 0.29) is 5.41 Å². The third-order valence-electron chi connectivity index (χ3n) is 3.05. The zero-order valence-corrected chi connectivity index (χ0v) is 10.4. The minimum Gasteiger partial charge on any atom is -0.378 e. The first-order chi connectivity index (χ1) is 7.55. The SMILES string of the molecule is CC(C)(C)c1ccc(CNC2COC2)cc1. The smallest absolute Gasteiger partial charge is 0.0643 e. The molecule has 1 saturated heterocycles. The lowest BCUT2D eigenvalue weighted by Crippen LogP contribution is -2.45. The number of hydrogen-bond donors (Lipinski definition) is 1. The van der Waals surface area contributed by atoms with Crippen molar-refractivity contribution in [2.45, 2.75) is 38.8 Å². The summed E-state index contributed by atoms with van der Waals surface area (Å²) in [6.45, 7) is 9.39. The number of ether oxygens (including phenoxy) is 1. The second kappa shape index (κ2) is 4.56. The molecule has 0 unspecified atom stereocenters. The topological polar surface area (TPSA) is 21.3 Å². The second-order valence-corrected chi connectivity index (χ2v) is 5.56. The van der Waals surface area contributed by atoms with Crippen LogP contribution < -0.4 is 5.32 Å². The van der Waals surface area contributed by atoms with E-state index in [4.69, 9.17) is 4.74 Å². The minimum absolute atomic E-state index is 0.244. The van der Waals surface area contributed by atoms with Crippen molar-refractivity contribution in [2.24, 2.45) is 0 Å². The van der Waals surface area contributed by atoms with Crippen molar-refractivity contribution in [2.75, 3.05) is 13.2 Å². The van der Waals surface area contributed by atoms with E-state index in [1.54, 1.807) is 0 Å². The largest absolute Gasteiger partial charge is 0.378 e. The molecule has 1 aliphatic heterocycles. The summed E-state index contributed by atoms with van der Waals surface area (Å²) in [6, 6.07) is 9.45. The van der Waals surface area contributed by atoms with Crippen molar-refractivity contribution >= 4 is 0 Å². The van der Waals surface area contributed by atoms with Gasteiger partial charge in [0, 0.05) is 6.54 Å². The van der Waals surface area contributed by atoms with Gasteiger partial charge in [0.2, 0.25) is 0 Å². The summed E-state index contributed by atoms with van der Waals surface area (Å²) in [5.41, 5.74) is 2.98. The van der Waals surface area contributed by atoms with Crippen LogP contribution in [0.5, 0.6) is 0 Å². The molecule has 0 amide bonds. The average molecular weight is 219 g/mol. The number of nitrogens with one attached hydrogen (secondary N) is 1. The Kier molecular flexibility index (Phi) is 3.31. The van der Waals surface area contributed by atoms with Crippen LogP contribution in [0.3, 0.4) is 0 Å². The van der Waals surface area contributed by atoms with Gasteiger partial charge in [0.15, 0.2) is 0 Å². The standard InChI is InChI=1S/C14H21NO/c1-14(2,3)12-6-4-11(5-7-12)8-15-13-9-16-10-13/h4-7,13,15H,8-10H2,1-3H3. The van der Waals surface area contributed by atoms with Gasteiger partial charge in [-0.2, -0.15) is 0 Å². The first-order valence-corrected chi connectivity index (χ1v) is 5.96. The monoisotopic (exact) mass is 219 g/mol. The highest BCUT2D eigenvalue weighted by molar-refractivity contribution is 5.27. The van der Waals surface area contributed by atoms with Gasteiger partial charge in [0.1, 0.15) is 0 Å². The van der Waals surface area contributed by atoms with Crippen LogP contribution in [0.1, 0.15) is 31.9 Å². The van der Waals surface area contributed by atoms with E-state index in [0.717, 1.165) is 19.8 Å². The molecule has 0 aromatic heterocycles. The van der Waals surface area contributed by atoms with Crippen molar-refractivity contribution in [3.8, 4) is 0 Å². The lowest BCUT2D eigenvalue weighted by atomic mass is 9.87. The van der Waals surface area contributed by atoms with E-state index in [9.17, 15) is 0 Å². The summed E-state index contributed by atoms with van der Waals surface area (Å²) in [4.78, 5) is 0. The number of hydrogen-bond acceptors (Lipinski definition) is 2. The highest BCUT2D eigenvalue weighted by atomic mass is 16.5. The van der Waals surface area contributed by atoms with Gasteiger partial charge in [-0.05, 0) is 16.5 Å². The molecule has 1 fully saturated rings. The quantitative estimate of drug-likeness (QED) is 0.843. The first kappa shape index (κ1) is 11.6. The summed E-state index contributed by atoms with van der Waals surface area (Å²) in [5, 5.41) is 3.47. The summed E-state index contributed by atoms with van der Waals surface area (Å²) < 4.78 is 5.12. The Morgan fingerprint density at radius 3 is 2.25 bits per heavy atom. The molecule has 16 heavy (non-hydrogen) atoms. The van der Waals surface area contributed by atoms with Crippen molar-refractivity contribution < 1.29 is 4.74 Å². The van der Waals surface area contributed by atoms with Crippen LogP contribution >= 0.6 is 0 Å². The molecular formula is C14H21NO. The predicted octanol–water partition coefficient (Wildman–Crippen LogP) is 2.47. The van der Waals surface area contributed by atoms with Crippen LogP contribution in [0.4, 0.5) is 0 Å². The lowest BCUT2D eigenvalue weighted by Gasteiger charge is -2.27. The average Bonchev–Trinajstić information content (AvgIpc) is 2.15. The molecule has 2 rings (SSSR count). The van der Waals surface area contributed by atoms with E-state index in [1.807, 2.05) is 0 Å². The lowest BCUT2D eigenvalue weighted by molar-refractivity contribution is -0.00578. The second-order valence-electron chi connectivity index (χ2n) is 5.56. The molecular weight excluding hydrogens is 198 g/mol. The highest BCUT2D eigenvalue weighted by Gasteiger charge is 2.17. The molecule has 2 heteroatoms. The van der Waals surface area contributed by atoms with Crippen LogP contribution in [0, 0.1) is 0 Å². The summed E-state index contributed by atoms with van der Waals surface area (Å²) in [7, 11) is 0. The highest BCUT2D eigenvalue weighted by Crippen LogP contribution is 2.22. The fraction of sp³-hybridized carbons (Fsp3) is 0.571. The normalized spacial score (nSPS) is 17.2. The van der Waals surface area contributed by atoms with Gasteiger partial charge < -0.3 is 10.1 Å². The van der Waals surface area contributed by atoms with Crippen molar-refractivity contribution in [1.82, 2.24) is 5.32 Å². The van der Waals surface area contributed by atoms with E-state index in [0.29, 0.717) is 6.04 Å². The molecule has 88 valence electrons. The molecule has 1 heterocycles. The third kappa shape index (κ3) is 2.83. The minimum atomic E-state index is 0.244. The van der Waals surface area contributed by atoms with Crippen molar-refractivity contribution in [1.29, 1.82) is 0 Å². The maximum Gasteiger partial charge on any atom is 0.0643 e. The van der Waals surface area contributed by atoms with Gasteiger partial charge in [-0.1, -0.05) is 45.0 Å². The number of benzene rings is 1. The summed E-state index contributed by atoms with van der Waals surface area (Å²) in [5.74, 6) is 0. The van der Waals surface area contributed by atoms with Gasteiger partial charge in [0.25, 0.3) is 0 Å². The zero-order chi connectivity index (χ0) is 11.6. The Balaban J connectivity index is 1.91. The molecule has 0 spiro atoms. The first-order valence-electron chi connectivity index (χ1n) is 5.96. The zero-order valence-electron chi connectivity index (χ0n) is 10.4. The van der Waals surface area contributed by atoms with Crippen LogP contribution in [-0.4, -0.2) is 19.3 Å². The molecule has 0 atom stereocenters. The molecule has 2 nitrogen and oxygen atoms in total. The maximum absolute atomic E-state index is 5.12. The Bertz CT molecular complexity index is 333. The molecule has 1 aliphatic rings. The van der Waals surface area contributed by atoms with Gasteiger partial charge in [0.05, 0.1) is 19.3 Å². The van der Waals surface area contributed by atoms with Crippen LogP contribution in [-0.2, 0) is 16.7 Å². The third-order valence-corrected chi connectivity index (χ3v) is 3.05. The molecule has 0 bridgehead atoms.